The van der Waals surface area contributed by atoms with Crippen LogP contribution in [-0.4, -0.2) is 137 Å². The molecular formula is C51H81NO13. The first-order valence-electron chi connectivity index (χ1n) is 24.1. The summed E-state index contributed by atoms with van der Waals surface area (Å²) in [7, 11) is 4.59. The van der Waals surface area contributed by atoms with Gasteiger partial charge in [0.05, 0.1) is 30.5 Å². The van der Waals surface area contributed by atoms with Gasteiger partial charge in [0.2, 0.25) is 5.79 Å². The van der Waals surface area contributed by atoms with Crippen LogP contribution in [0.3, 0.4) is 0 Å². The van der Waals surface area contributed by atoms with E-state index in [1.807, 2.05) is 58.1 Å². The average molecular weight is 916 g/mol. The van der Waals surface area contributed by atoms with Crippen molar-refractivity contribution < 1.29 is 63.3 Å². The second kappa shape index (κ2) is 25.3. The second-order valence-corrected chi connectivity index (χ2v) is 19.8. The number of aliphatic hydroxyl groups excluding tert-OH is 3. The average Bonchev–Trinajstić information content (AvgIpc) is 3.28. The lowest BCUT2D eigenvalue weighted by Crippen LogP contribution is -2.61. The number of Topliss-reactive ketones (excluding diaryl/α,β-unsaturated/α-hetero) is 2. The molecule has 4 rings (SSSR count). The Morgan fingerprint density at radius 1 is 0.846 bits per heavy atom. The van der Waals surface area contributed by atoms with Crippen LogP contribution in [-0.2, 0) is 42.9 Å². The third-order valence-corrected chi connectivity index (χ3v) is 14.7. The molecule has 0 aromatic heterocycles. The number of rotatable bonds is 6. The van der Waals surface area contributed by atoms with Crippen molar-refractivity contribution >= 4 is 23.4 Å². The number of hydrogen-bond donors (Lipinski definition) is 4. The Labute approximate surface area is 387 Å². The van der Waals surface area contributed by atoms with Gasteiger partial charge in [-0.1, -0.05) is 71.1 Å². The van der Waals surface area contributed by atoms with E-state index in [9.17, 15) is 39.6 Å². The highest BCUT2D eigenvalue weighted by molar-refractivity contribution is 6.39. The first kappa shape index (κ1) is 54.5. The van der Waals surface area contributed by atoms with Crippen LogP contribution in [0.1, 0.15) is 126 Å². The van der Waals surface area contributed by atoms with E-state index < -0.39 is 84.1 Å². The lowest BCUT2D eigenvalue weighted by molar-refractivity contribution is -0.265. The summed E-state index contributed by atoms with van der Waals surface area (Å²) < 4.78 is 29.5. The number of methoxy groups -OCH3 is 3. The van der Waals surface area contributed by atoms with Gasteiger partial charge in [-0.3, -0.25) is 14.4 Å². The molecule has 2 saturated heterocycles. The maximum atomic E-state index is 14.4. The van der Waals surface area contributed by atoms with Crippen molar-refractivity contribution in [2.24, 2.45) is 35.5 Å². The van der Waals surface area contributed by atoms with E-state index in [1.54, 1.807) is 41.1 Å². The molecular weight excluding hydrogens is 835 g/mol. The standard InChI is InChI=1S/C51H81NO13/c1-30-16-12-11-13-17-31(2)42(61-8)28-38-21-19-36(7)51(60,65-38)48(57)49(58)52-23-15-14-18-39(52)50(59)64-43(33(4)26-37-20-22-40(53)44(27-37)62-9)29-41(54)32(3)25-35(6)46(56)47(63-10)45(55)34(5)24-30/h11-13,16-17,25,30,32-34,36-40,42-47,53,55-56,60H,14-15,18-24,26-29H2,1-10H3/b13-11+,16-12-,31-17+,35-25+/t30-,32-,33-,34-,36-,37?,38+,39+,40+,42+,43+,44+,45?,46+,47+,51-/m1/s1. The zero-order chi connectivity index (χ0) is 48.2. The number of amides is 1. The summed E-state index contributed by atoms with van der Waals surface area (Å²) in [4.78, 5) is 58.1. The Balaban J connectivity index is 1.70. The SMILES string of the molecule is CO[C@H]1C[C@@H]2CC[C@@H](C)[C@@](O)(O2)C(=O)C(=O)N2CCCC[C@H]2C(=O)O[C@H]([C@H](C)CC2CC[C@H](O)[C@@H](OC)C2)CC(=O)[C@H](C)/C=C(\C)[C@H](O)[C@@H](OC)C(O)[C@H](C)C[C@H](C)\C=C/C=C/C=C/1C. The molecule has 0 aromatic carbocycles. The molecule has 1 aliphatic carbocycles. The minimum absolute atomic E-state index is 0.0801. The summed E-state index contributed by atoms with van der Waals surface area (Å²) in [5.74, 6) is -7.35. The smallest absolute Gasteiger partial charge is 0.329 e. The number of carbonyl (C=O) groups excluding carboxylic acids is 4. The number of esters is 1. The van der Waals surface area contributed by atoms with Crippen molar-refractivity contribution in [2.45, 2.75) is 186 Å². The predicted molar refractivity (Wildman–Crippen MR) is 246 cm³/mol. The highest BCUT2D eigenvalue weighted by atomic mass is 16.6. The largest absolute Gasteiger partial charge is 0.460 e. The lowest BCUT2D eigenvalue weighted by Gasteiger charge is -2.42. The molecule has 1 amide bonds. The predicted octanol–water partition coefficient (Wildman–Crippen LogP) is 5.97. The zero-order valence-electron chi connectivity index (χ0n) is 40.7. The number of piperidine rings is 1. The number of nitrogens with zero attached hydrogens (tertiary/aromatic N) is 1. The van der Waals surface area contributed by atoms with Gasteiger partial charge in [0, 0.05) is 52.6 Å². The lowest BCUT2D eigenvalue weighted by atomic mass is 9.78. The molecule has 4 N–H and O–H groups in total. The molecule has 14 heteroatoms. The van der Waals surface area contributed by atoms with Gasteiger partial charge in [0.15, 0.2) is 0 Å². The minimum atomic E-state index is -2.42. The number of ether oxygens (including phenoxy) is 5. The molecule has 1 saturated carbocycles. The molecule has 3 aliphatic heterocycles. The van der Waals surface area contributed by atoms with Crippen molar-refractivity contribution in [1.82, 2.24) is 4.90 Å². The van der Waals surface area contributed by atoms with Crippen LogP contribution in [0.5, 0.6) is 0 Å². The molecule has 3 heterocycles. The monoisotopic (exact) mass is 916 g/mol. The topological polar surface area (TPSA) is 199 Å². The number of hydrogen-bond acceptors (Lipinski definition) is 13. The van der Waals surface area contributed by atoms with Crippen LogP contribution in [0.25, 0.3) is 0 Å². The molecule has 0 aromatic rings. The fourth-order valence-corrected chi connectivity index (χ4v) is 10.3. The number of ketones is 2. The van der Waals surface area contributed by atoms with Gasteiger partial charge in [-0.2, -0.15) is 0 Å². The number of cyclic esters (lactones) is 1. The van der Waals surface area contributed by atoms with Crippen LogP contribution >= 0.6 is 0 Å². The molecule has 0 spiro atoms. The molecule has 2 unspecified atom stereocenters. The maximum Gasteiger partial charge on any atom is 0.329 e. The van der Waals surface area contributed by atoms with Crippen LogP contribution in [0.15, 0.2) is 47.6 Å². The van der Waals surface area contributed by atoms with Gasteiger partial charge >= 0.3 is 5.97 Å². The van der Waals surface area contributed by atoms with Gasteiger partial charge in [0.1, 0.15) is 30.1 Å². The molecule has 4 aliphatic rings. The van der Waals surface area contributed by atoms with Crippen LogP contribution in [0.2, 0.25) is 0 Å². The highest BCUT2D eigenvalue weighted by Gasteiger charge is 2.53. The summed E-state index contributed by atoms with van der Waals surface area (Å²) >= 11 is 0. The van der Waals surface area contributed by atoms with E-state index in [0.29, 0.717) is 63.4 Å². The van der Waals surface area contributed by atoms with Crippen molar-refractivity contribution in [2.75, 3.05) is 27.9 Å². The quantitative estimate of drug-likeness (QED) is 0.138. The van der Waals surface area contributed by atoms with E-state index in [-0.39, 0.29) is 54.9 Å². The summed E-state index contributed by atoms with van der Waals surface area (Å²) in [5, 5.41) is 45.3. The fraction of sp³-hybridized carbons (Fsp3) is 0.765. The first-order valence-corrected chi connectivity index (χ1v) is 24.1. The van der Waals surface area contributed by atoms with Crippen molar-refractivity contribution in [3.05, 3.63) is 47.6 Å². The summed E-state index contributed by atoms with van der Waals surface area (Å²) in [6, 6.07) is -1.13. The first-order chi connectivity index (χ1) is 30.7. The number of carbonyl (C=O) groups is 4. The number of allylic oxidation sites excluding steroid dienone is 6. The Bertz CT molecular complexity index is 1710. The Kier molecular flexibility index (Phi) is 21.3. The minimum Gasteiger partial charge on any atom is -0.460 e. The zero-order valence-corrected chi connectivity index (χ0v) is 40.7. The van der Waals surface area contributed by atoms with Crippen LogP contribution in [0.4, 0.5) is 0 Å². The van der Waals surface area contributed by atoms with Crippen LogP contribution in [0, 0.1) is 35.5 Å². The van der Waals surface area contributed by atoms with Gasteiger partial charge in [-0.15, -0.1) is 0 Å². The molecule has 16 atom stereocenters. The Morgan fingerprint density at radius 3 is 2.25 bits per heavy atom. The molecule has 3 fully saturated rings. The molecule has 65 heavy (non-hydrogen) atoms. The van der Waals surface area contributed by atoms with E-state index in [1.165, 1.54) is 12.0 Å². The Morgan fingerprint density at radius 2 is 1.57 bits per heavy atom. The van der Waals surface area contributed by atoms with E-state index in [4.69, 9.17) is 23.7 Å². The molecule has 2 bridgehead atoms. The second-order valence-electron chi connectivity index (χ2n) is 19.8. The van der Waals surface area contributed by atoms with E-state index in [0.717, 1.165) is 12.0 Å². The Hall–Kier alpha value is -3.08. The maximum absolute atomic E-state index is 14.4. The fourth-order valence-electron chi connectivity index (χ4n) is 10.3. The van der Waals surface area contributed by atoms with Gasteiger partial charge in [-0.05, 0) is 113 Å². The third-order valence-electron chi connectivity index (χ3n) is 14.7. The summed E-state index contributed by atoms with van der Waals surface area (Å²) in [5.41, 5.74) is 1.34. The number of aliphatic hydroxyl groups is 4. The van der Waals surface area contributed by atoms with Gasteiger partial charge in [-0.25, -0.2) is 4.79 Å². The van der Waals surface area contributed by atoms with E-state index in [2.05, 4.69) is 0 Å². The van der Waals surface area contributed by atoms with E-state index >= 15 is 0 Å². The van der Waals surface area contributed by atoms with Crippen LogP contribution < -0.4 is 0 Å². The van der Waals surface area contributed by atoms with Crippen molar-refractivity contribution in [3.8, 4) is 0 Å². The molecule has 368 valence electrons. The van der Waals surface area contributed by atoms with Crippen molar-refractivity contribution in [1.29, 1.82) is 0 Å². The summed E-state index contributed by atoms with van der Waals surface area (Å²) in [6.45, 7) is 13.0. The van der Waals surface area contributed by atoms with Crippen molar-refractivity contribution in [3.63, 3.8) is 0 Å². The third kappa shape index (κ3) is 14.5. The molecule has 0 radical (unpaired) electrons. The summed E-state index contributed by atoms with van der Waals surface area (Å²) in [6.07, 6.45) is 10.9. The highest BCUT2D eigenvalue weighted by Crippen LogP contribution is 2.38. The molecule has 14 nitrogen and oxygen atoms in total. The normalized spacial score (nSPS) is 41.5. The number of fused-ring (bicyclic) bond motifs is 3. The van der Waals surface area contributed by atoms with Gasteiger partial charge in [0.25, 0.3) is 11.7 Å². The van der Waals surface area contributed by atoms with Gasteiger partial charge < -0.3 is 49.0 Å².